The summed E-state index contributed by atoms with van der Waals surface area (Å²) in [6.07, 6.45) is 0.878. The molecule has 1 aromatic heterocycles. The van der Waals surface area contributed by atoms with Crippen molar-refractivity contribution in [2.24, 2.45) is 0 Å². The smallest absolute Gasteiger partial charge is 0.204 e. The van der Waals surface area contributed by atoms with Gasteiger partial charge in [0, 0.05) is 0 Å². The summed E-state index contributed by atoms with van der Waals surface area (Å²) in [5.41, 5.74) is 4.39. The highest BCUT2D eigenvalue weighted by Gasteiger charge is 2.30. The maximum Gasteiger partial charge on any atom is 0.204 e. The molecule has 0 spiro atoms. The van der Waals surface area contributed by atoms with E-state index in [0.29, 0.717) is 0 Å². The summed E-state index contributed by atoms with van der Waals surface area (Å²) in [4.78, 5) is 4.80. The van der Waals surface area contributed by atoms with Crippen molar-refractivity contribution in [2.75, 3.05) is 5.32 Å². The van der Waals surface area contributed by atoms with Crippen LogP contribution in [0.3, 0.4) is 0 Å². The standard InChI is InChI=1S/C22H18FN3/c23-17-12-10-16(11-13-17)21-14-19(15-6-2-1-3-7-15)25-22-24-18-8-4-5-9-20(18)26(21)22/h1-13,19,21H,14H2,(H,24,25)/t19-,21+/m1/s1. The zero-order valence-corrected chi connectivity index (χ0v) is 14.1. The van der Waals surface area contributed by atoms with Gasteiger partial charge in [0.2, 0.25) is 5.95 Å². The van der Waals surface area contributed by atoms with Crippen LogP contribution in [0, 0.1) is 5.82 Å². The molecular formula is C22H18FN3. The molecule has 0 radical (unpaired) electrons. The highest BCUT2D eigenvalue weighted by molar-refractivity contribution is 5.79. The summed E-state index contributed by atoms with van der Waals surface area (Å²) in [5, 5.41) is 3.59. The highest BCUT2D eigenvalue weighted by Crippen LogP contribution is 2.40. The fraction of sp³-hybridized carbons (Fsp3) is 0.136. The van der Waals surface area contributed by atoms with Crippen molar-refractivity contribution >= 4 is 17.0 Å². The third-order valence-electron chi connectivity index (χ3n) is 5.13. The van der Waals surface area contributed by atoms with E-state index in [0.717, 1.165) is 29.0 Å². The van der Waals surface area contributed by atoms with Gasteiger partial charge in [-0.05, 0) is 41.8 Å². The zero-order valence-electron chi connectivity index (χ0n) is 14.1. The molecule has 5 rings (SSSR count). The second-order valence-electron chi connectivity index (χ2n) is 6.70. The Kier molecular flexibility index (Phi) is 3.49. The van der Waals surface area contributed by atoms with Gasteiger partial charge in [-0.3, -0.25) is 0 Å². The zero-order chi connectivity index (χ0) is 17.5. The van der Waals surface area contributed by atoms with Crippen LogP contribution in [-0.2, 0) is 0 Å². The van der Waals surface area contributed by atoms with Crippen molar-refractivity contribution < 1.29 is 4.39 Å². The van der Waals surface area contributed by atoms with Crippen LogP contribution in [0.5, 0.6) is 0 Å². The van der Waals surface area contributed by atoms with E-state index in [1.54, 1.807) is 0 Å². The van der Waals surface area contributed by atoms with Crippen LogP contribution >= 0.6 is 0 Å². The second-order valence-corrected chi connectivity index (χ2v) is 6.70. The van der Waals surface area contributed by atoms with E-state index in [4.69, 9.17) is 4.98 Å². The van der Waals surface area contributed by atoms with E-state index >= 15 is 0 Å². The Morgan fingerprint density at radius 3 is 2.38 bits per heavy atom. The second kappa shape index (κ2) is 5.99. The molecule has 2 atom stereocenters. The molecule has 1 aliphatic heterocycles. The lowest BCUT2D eigenvalue weighted by atomic mass is 9.93. The SMILES string of the molecule is Fc1ccc([C@@H]2C[C@H](c3ccccc3)Nc3nc4ccccc4n32)cc1. The average Bonchev–Trinajstić information content (AvgIpc) is 3.07. The van der Waals surface area contributed by atoms with Crippen molar-refractivity contribution in [1.82, 2.24) is 9.55 Å². The van der Waals surface area contributed by atoms with Gasteiger partial charge in [0.05, 0.1) is 23.1 Å². The van der Waals surface area contributed by atoms with Gasteiger partial charge in [0.1, 0.15) is 5.82 Å². The number of nitrogens with one attached hydrogen (secondary N) is 1. The van der Waals surface area contributed by atoms with Crippen LogP contribution in [0.2, 0.25) is 0 Å². The van der Waals surface area contributed by atoms with Gasteiger partial charge in [-0.1, -0.05) is 54.6 Å². The minimum atomic E-state index is -0.210. The molecule has 1 aliphatic rings. The molecule has 3 aromatic carbocycles. The Morgan fingerprint density at radius 1 is 0.846 bits per heavy atom. The van der Waals surface area contributed by atoms with E-state index < -0.39 is 0 Å². The molecule has 26 heavy (non-hydrogen) atoms. The van der Waals surface area contributed by atoms with Gasteiger partial charge in [0.25, 0.3) is 0 Å². The minimum absolute atomic E-state index is 0.101. The van der Waals surface area contributed by atoms with Gasteiger partial charge in [-0.2, -0.15) is 0 Å². The number of hydrogen-bond donors (Lipinski definition) is 1. The van der Waals surface area contributed by atoms with Crippen LogP contribution in [0.25, 0.3) is 11.0 Å². The van der Waals surface area contributed by atoms with Gasteiger partial charge < -0.3 is 9.88 Å². The molecule has 0 amide bonds. The normalized spacial score (nSPS) is 19.1. The van der Waals surface area contributed by atoms with Gasteiger partial charge in [-0.25, -0.2) is 9.37 Å². The summed E-state index contributed by atoms with van der Waals surface area (Å²) in [6, 6.07) is 25.7. The van der Waals surface area contributed by atoms with Crippen LogP contribution < -0.4 is 5.32 Å². The van der Waals surface area contributed by atoms with Crippen molar-refractivity contribution in [1.29, 1.82) is 0 Å². The van der Waals surface area contributed by atoms with Gasteiger partial charge in [-0.15, -0.1) is 0 Å². The summed E-state index contributed by atoms with van der Waals surface area (Å²) < 4.78 is 15.7. The molecule has 0 unspecified atom stereocenters. The molecule has 3 nitrogen and oxygen atoms in total. The first-order chi connectivity index (χ1) is 12.8. The van der Waals surface area contributed by atoms with Crippen molar-refractivity contribution in [3.63, 3.8) is 0 Å². The number of benzene rings is 3. The van der Waals surface area contributed by atoms with Crippen molar-refractivity contribution in [3.8, 4) is 0 Å². The lowest BCUT2D eigenvalue weighted by Gasteiger charge is -2.33. The number of nitrogens with zero attached hydrogens (tertiary/aromatic N) is 2. The summed E-state index contributed by atoms with van der Waals surface area (Å²) in [7, 11) is 0. The number of aromatic nitrogens is 2. The maximum absolute atomic E-state index is 13.5. The number of para-hydroxylation sites is 2. The fourth-order valence-corrected chi connectivity index (χ4v) is 3.88. The Morgan fingerprint density at radius 2 is 1.58 bits per heavy atom. The molecule has 4 heteroatoms. The van der Waals surface area contributed by atoms with E-state index in [-0.39, 0.29) is 17.9 Å². The first kappa shape index (κ1) is 15.1. The Labute approximate surface area is 151 Å². The number of fused-ring (bicyclic) bond motifs is 3. The third kappa shape index (κ3) is 2.46. The molecule has 0 fully saturated rings. The number of halogens is 1. The third-order valence-corrected chi connectivity index (χ3v) is 5.13. The Bertz CT molecular complexity index is 1050. The Hall–Kier alpha value is -3.14. The molecule has 0 saturated carbocycles. The monoisotopic (exact) mass is 343 g/mol. The number of hydrogen-bond acceptors (Lipinski definition) is 2. The largest absolute Gasteiger partial charge is 0.349 e. The lowest BCUT2D eigenvalue weighted by Crippen LogP contribution is -2.27. The van der Waals surface area contributed by atoms with E-state index in [2.05, 4.69) is 40.2 Å². The molecule has 0 bridgehead atoms. The predicted molar refractivity (Wildman–Crippen MR) is 102 cm³/mol. The van der Waals surface area contributed by atoms with Crippen LogP contribution in [0.1, 0.15) is 29.6 Å². The van der Waals surface area contributed by atoms with Crippen LogP contribution in [0.15, 0.2) is 78.9 Å². The summed E-state index contributed by atoms with van der Waals surface area (Å²) >= 11 is 0. The fourth-order valence-electron chi connectivity index (χ4n) is 3.88. The van der Waals surface area contributed by atoms with Crippen LogP contribution in [0.4, 0.5) is 10.3 Å². The van der Waals surface area contributed by atoms with Gasteiger partial charge >= 0.3 is 0 Å². The van der Waals surface area contributed by atoms with Gasteiger partial charge in [0.15, 0.2) is 0 Å². The molecule has 0 saturated heterocycles. The first-order valence-corrected chi connectivity index (χ1v) is 8.83. The molecule has 128 valence electrons. The van der Waals surface area contributed by atoms with E-state index in [1.807, 2.05) is 36.4 Å². The van der Waals surface area contributed by atoms with Crippen LogP contribution in [-0.4, -0.2) is 9.55 Å². The number of rotatable bonds is 2. The number of imidazole rings is 1. The molecule has 4 aromatic rings. The van der Waals surface area contributed by atoms with Crippen molar-refractivity contribution in [2.45, 2.75) is 18.5 Å². The van der Waals surface area contributed by atoms with E-state index in [1.165, 1.54) is 17.7 Å². The summed E-state index contributed by atoms with van der Waals surface area (Å²) in [5.74, 6) is 0.652. The quantitative estimate of drug-likeness (QED) is 0.534. The van der Waals surface area contributed by atoms with Crippen molar-refractivity contribution in [3.05, 3.63) is 95.8 Å². The topological polar surface area (TPSA) is 29.9 Å². The molecule has 2 heterocycles. The van der Waals surface area contributed by atoms with E-state index in [9.17, 15) is 4.39 Å². The average molecular weight is 343 g/mol. The Balaban J connectivity index is 1.67. The predicted octanol–water partition coefficient (Wildman–Crippen LogP) is 5.32. The lowest BCUT2D eigenvalue weighted by molar-refractivity contribution is 0.476. The maximum atomic E-state index is 13.5. The molecule has 0 aliphatic carbocycles. The summed E-state index contributed by atoms with van der Waals surface area (Å²) in [6.45, 7) is 0. The number of anilines is 1. The molecular weight excluding hydrogens is 325 g/mol. The first-order valence-electron chi connectivity index (χ1n) is 8.83. The highest BCUT2D eigenvalue weighted by atomic mass is 19.1. The molecule has 1 N–H and O–H groups in total. The minimum Gasteiger partial charge on any atom is -0.349 e.